The van der Waals surface area contributed by atoms with E-state index in [0.29, 0.717) is 31.5 Å². The van der Waals surface area contributed by atoms with E-state index in [9.17, 15) is 22.0 Å². The smallest absolute Gasteiger partial charge is 0.317 e. The molecule has 3 rings (SSSR count). The number of urea groups is 1. The Balaban J connectivity index is 1.47. The van der Waals surface area contributed by atoms with Gasteiger partial charge in [-0.3, -0.25) is 0 Å². The van der Waals surface area contributed by atoms with Crippen LogP contribution in [0.3, 0.4) is 0 Å². The molecule has 1 aromatic carbocycles. The molecule has 0 radical (unpaired) electrons. The molecule has 0 unspecified atom stereocenters. The van der Waals surface area contributed by atoms with Crippen LogP contribution in [0.15, 0.2) is 18.2 Å². The van der Waals surface area contributed by atoms with E-state index in [-0.39, 0.29) is 24.0 Å². The number of halogens is 2. The lowest BCUT2D eigenvalue weighted by Crippen LogP contribution is -2.51. The fourth-order valence-corrected chi connectivity index (χ4v) is 5.26. The van der Waals surface area contributed by atoms with Crippen molar-refractivity contribution in [2.75, 3.05) is 26.4 Å². The van der Waals surface area contributed by atoms with Gasteiger partial charge in [-0.25, -0.2) is 26.3 Å². The number of hydrogen-bond acceptors (Lipinski definition) is 3. The molecule has 1 N–H and O–H groups in total. The highest BCUT2D eigenvalue weighted by atomic mass is 32.2. The van der Waals surface area contributed by atoms with Crippen LogP contribution in [0, 0.1) is 11.6 Å². The lowest BCUT2D eigenvalue weighted by atomic mass is 9.81. The Hall–Kier alpha value is -1.74. The minimum atomic E-state index is -3.18. The number of sulfonamides is 1. The molecule has 1 saturated carbocycles. The predicted molar refractivity (Wildman–Crippen MR) is 107 cm³/mol. The fraction of sp³-hybridized carbons (Fsp3) is 0.650. The molecule has 2 fully saturated rings. The lowest BCUT2D eigenvalue weighted by molar-refractivity contribution is 0.157. The van der Waals surface area contributed by atoms with Gasteiger partial charge in [-0.15, -0.1) is 0 Å². The highest BCUT2D eigenvalue weighted by Crippen LogP contribution is 2.33. The van der Waals surface area contributed by atoms with Gasteiger partial charge in [0.1, 0.15) is 11.6 Å². The average molecular weight is 430 g/mol. The Morgan fingerprint density at radius 1 is 1.03 bits per heavy atom. The van der Waals surface area contributed by atoms with Gasteiger partial charge in [-0.1, -0.05) is 0 Å². The van der Waals surface area contributed by atoms with Crippen LogP contribution in [0.4, 0.5) is 13.6 Å². The average Bonchev–Trinajstić information content (AvgIpc) is 2.66. The summed E-state index contributed by atoms with van der Waals surface area (Å²) in [4.78, 5) is 14.3. The highest BCUT2D eigenvalue weighted by Gasteiger charge is 2.30. The third-order valence-corrected chi connectivity index (χ3v) is 7.47. The lowest BCUT2D eigenvalue weighted by Gasteiger charge is -2.37. The molecule has 1 aliphatic heterocycles. The third kappa shape index (κ3) is 5.66. The van der Waals surface area contributed by atoms with Crippen LogP contribution < -0.4 is 5.32 Å². The van der Waals surface area contributed by atoms with Crippen LogP contribution in [0.2, 0.25) is 0 Å². The van der Waals surface area contributed by atoms with Crippen LogP contribution in [0.5, 0.6) is 0 Å². The second kappa shape index (κ2) is 8.95. The maximum Gasteiger partial charge on any atom is 0.317 e. The van der Waals surface area contributed by atoms with Gasteiger partial charge in [0.25, 0.3) is 0 Å². The van der Waals surface area contributed by atoms with Crippen molar-refractivity contribution < 1.29 is 22.0 Å². The summed E-state index contributed by atoms with van der Waals surface area (Å²) in [6.45, 7) is 0.854. The minimum absolute atomic E-state index is 0.0135. The Morgan fingerprint density at radius 2 is 1.59 bits per heavy atom. The van der Waals surface area contributed by atoms with Gasteiger partial charge in [-0.05, 0) is 62.1 Å². The van der Waals surface area contributed by atoms with Crippen molar-refractivity contribution in [2.45, 2.75) is 56.5 Å². The zero-order valence-corrected chi connectivity index (χ0v) is 17.7. The summed E-state index contributed by atoms with van der Waals surface area (Å²) in [5.74, 6) is -1.01. The van der Waals surface area contributed by atoms with Gasteiger partial charge < -0.3 is 10.2 Å². The third-order valence-electron chi connectivity index (χ3n) is 6.17. The minimum Gasteiger partial charge on any atom is -0.335 e. The van der Waals surface area contributed by atoms with Crippen molar-refractivity contribution in [2.24, 2.45) is 0 Å². The Bertz CT molecular complexity index is 813. The highest BCUT2D eigenvalue weighted by molar-refractivity contribution is 7.88. The quantitative estimate of drug-likeness (QED) is 0.800. The van der Waals surface area contributed by atoms with E-state index >= 15 is 0 Å². The SMILES string of the molecule is CN(C(=O)N[C@H]1CC[C@H](c2cc(F)cc(F)c2)CC1)C1CCN(S(C)(=O)=O)CC1. The largest absolute Gasteiger partial charge is 0.335 e. The predicted octanol–water partition coefficient (Wildman–Crippen LogP) is 3.06. The standard InChI is InChI=1S/C20H29F2N3O3S/c1-24(19-7-9-25(10-8-19)29(2,27)28)20(26)23-18-5-3-14(4-6-18)15-11-16(21)13-17(22)12-15/h11-14,18-19H,3-10H2,1-2H3,(H,23,26)/t14-,18-. The first-order valence-electron chi connectivity index (χ1n) is 10.1. The molecule has 0 aromatic heterocycles. The Morgan fingerprint density at radius 3 is 2.10 bits per heavy atom. The van der Waals surface area contributed by atoms with Crippen LogP contribution in [-0.4, -0.2) is 62.1 Å². The summed E-state index contributed by atoms with van der Waals surface area (Å²) in [5, 5.41) is 3.06. The van der Waals surface area contributed by atoms with Crippen molar-refractivity contribution in [3.63, 3.8) is 0 Å². The first kappa shape index (κ1) is 22.0. The summed E-state index contributed by atoms with van der Waals surface area (Å²) in [6, 6.07) is 3.57. The monoisotopic (exact) mass is 429 g/mol. The molecule has 6 nitrogen and oxygen atoms in total. The van der Waals surface area contributed by atoms with Crippen LogP contribution >= 0.6 is 0 Å². The zero-order valence-electron chi connectivity index (χ0n) is 16.9. The van der Waals surface area contributed by atoms with Crippen molar-refractivity contribution in [1.29, 1.82) is 0 Å². The molecule has 2 amide bonds. The summed E-state index contributed by atoms with van der Waals surface area (Å²) in [5.41, 5.74) is 0.682. The molecule has 162 valence electrons. The molecule has 1 aromatic rings. The van der Waals surface area contributed by atoms with E-state index in [1.807, 2.05) is 0 Å². The number of benzene rings is 1. The molecular weight excluding hydrogens is 400 g/mol. The molecule has 0 atom stereocenters. The fourth-order valence-electron chi connectivity index (χ4n) is 4.39. The molecular formula is C20H29F2N3O3S. The topological polar surface area (TPSA) is 69.7 Å². The number of nitrogens with one attached hydrogen (secondary N) is 1. The zero-order chi connectivity index (χ0) is 21.2. The molecule has 1 saturated heterocycles. The van der Waals surface area contributed by atoms with Crippen LogP contribution in [-0.2, 0) is 10.0 Å². The molecule has 0 bridgehead atoms. The molecule has 0 spiro atoms. The number of hydrogen-bond donors (Lipinski definition) is 1. The number of carbonyl (C=O) groups is 1. The first-order chi connectivity index (χ1) is 13.6. The van der Waals surface area contributed by atoms with Crippen LogP contribution in [0.25, 0.3) is 0 Å². The summed E-state index contributed by atoms with van der Waals surface area (Å²) in [7, 11) is -1.44. The van der Waals surface area contributed by atoms with Gasteiger partial charge in [0.2, 0.25) is 10.0 Å². The van der Waals surface area contributed by atoms with Gasteiger partial charge >= 0.3 is 6.03 Å². The Kier molecular flexibility index (Phi) is 6.78. The second-order valence-electron chi connectivity index (χ2n) is 8.20. The normalized spacial score (nSPS) is 24.3. The summed E-state index contributed by atoms with van der Waals surface area (Å²) < 4.78 is 51.6. The molecule has 9 heteroatoms. The van der Waals surface area contributed by atoms with Crippen molar-refractivity contribution in [3.8, 4) is 0 Å². The van der Waals surface area contributed by atoms with Crippen molar-refractivity contribution in [1.82, 2.24) is 14.5 Å². The summed E-state index contributed by atoms with van der Waals surface area (Å²) in [6.07, 6.45) is 5.50. The van der Waals surface area contributed by atoms with E-state index < -0.39 is 21.7 Å². The van der Waals surface area contributed by atoms with Crippen LogP contribution in [0.1, 0.15) is 50.0 Å². The summed E-state index contributed by atoms with van der Waals surface area (Å²) >= 11 is 0. The maximum atomic E-state index is 13.4. The molecule has 29 heavy (non-hydrogen) atoms. The molecule has 2 aliphatic rings. The number of rotatable bonds is 4. The Labute approximate surface area is 171 Å². The molecule has 1 heterocycles. The van der Waals surface area contributed by atoms with Gasteiger partial charge in [0.15, 0.2) is 0 Å². The van der Waals surface area contributed by atoms with Crippen molar-refractivity contribution >= 4 is 16.1 Å². The van der Waals surface area contributed by atoms with Gasteiger partial charge in [0, 0.05) is 38.3 Å². The maximum absolute atomic E-state index is 13.4. The molecule has 1 aliphatic carbocycles. The van der Waals surface area contributed by atoms with Crippen molar-refractivity contribution in [3.05, 3.63) is 35.4 Å². The van der Waals surface area contributed by atoms with Gasteiger partial charge in [0.05, 0.1) is 6.26 Å². The van der Waals surface area contributed by atoms with E-state index in [0.717, 1.165) is 31.7 Å². The van der Waals surface area contributed by atoms with E-state index in [1.165, 1.54) is 22.7 Å². The van der Waals surface area contributed by atoms with E-state index in [2.05, 4.69) is 5.32 Å². The van der Waals surface area contributed by atoms with E-state index in [1.54, 1.807) is 11.9 Å². The second-order valence-corrected chi connectivity index (χ2v) is 10.2. The number of carbonyl (C=O) groups excluding carboxylic acids is 1. The number of piperidine rings is 1. The number of nitrogens with zero attached hydrogens (tertiary/aromatic N) is 2. The number of amides is 2. The first-order valence-corrected chi connectivity index (χ1v) is 11.9. The van der Waals surface area contributed by atoms with Gasteiger partial charge in [-0.2, -0.15) is 0 Å². The van der Waals surface area contributed by atoms with E-state index in [4.69, 9.17) is 0 Å².